The molecule has 3 N–H and O–H groups in total. The van der Waals surface area contributed by atoms with E-state index < -0.39 is 0 Å². The summed E-state index contributed by atoms with van der Waals surface area (Å²) in [5, 5.41) is 2.84. The number of carbonyl (C=O) groups excluding carboxylic acids is 1. The Kier molecular flexibility index (Phi) is 4.66. The van der Waals surface area contributed by atoms with E-state index in [2.05, 4.69) is 5.32 Å². The van der Waals surface area contributed by atoms with Gasteiger partial charge in [0.2, 0.25) is 5.91 Å². The topological polar surface area (TPSA) is 67.6 Å². The minimum absolute atomic E-state index is 0.112. The molecule has 0 spiro atoms. The van der Waals surface area contributed by atoms with Gasteiger partial charge in [-0.3, -0.25) is 4.79 Å². The Morgan fingerprint density at radius 1 is 1.19 bits per heavy atom. The van der Waals surface area contributed by atoms with E-state index in [4.69, 9.17) is 10.5 Å². The first kappa shape index (κ1) is 14.7. The predicted octanol–water partition coefficient (Wildman–Crippen LogP) is 2.35. The second-order valence-electron chi connectivity index (χ2n) is 4.70. The van der Waals surface area contributed by atoms with Gasteiger partial charge in [0.1, 0.15) is 5.75 Å². The van der Waals surface area contributed by atoms with Gasteiger partial charge in [-0.2, -0.15) is 0 Å². The van der Waals surface area contributed by atoms with Crippen molar-refractivity contribution < 1.29 is 9.53 Å². The van der Waals surface area contributed by atoms with Gasteiger partial charge in [0.15, 0.2) is 0 Å². The first-order valence-corrected chi connectivity index (χ1v) is 6.59. The molecule has 0 unspecified atom stereocenters. The lowest BCUT2D eigenvalue weighted by Crippen LogP contribution is -2.30. The number of nitrogens with two attached hydrogens (primary N) is 1. The number of anilines is 3. The van der Waals surface area contributed by atoms with Crippen molar-refractivity contribution in [3.8, 4) is 5.75 Å². The number of amides is 1. The van der Waals surface area contributed by atoms with Crippen LogP contribution in [0.1, 0.15) is 0 Å². The van der Waals surface area contributed by atoms with Crippen LogP contribution in [0.4, 0.5) is 17.1 Å². The zero-order valence-electron chi connectivity index (χ0n) is 12.2. The van der Waals surface area contributed by atoms with Crippen molar-refractivity contribution in [1.29, 1.82) is 0 Å². The van der Waals surface area contributed by atoms with Crippen LogP contribution in [0.25, 0.3) is 0 Å². The number of para-hydroxylation sites is 2. The van der Waals surface area contributed by atoms with Crippen LogP contribution in [-0.2, 0) is 4.79 Å². The Labute approximate surface area is 124 Å². The molecule has 0 heterocycles. The summed E-state index contributed by atoms with van der Waals surface area (Å²) in [4.78, 5) is 13.9. The smallest absolute Gasteiger partial charge is 0.243 e. The monoisotopic (exact) mass is 285 g/mol. The largest absolute Gasteiger partial charge is 0.495 e. The molecule has 1 amide bonds. The lowest BCUT2D eigenvalue weighted by atomic mass is 10.2. The van der Waals surface area contributed by atoms with Gasteiger partial charge in [-0.25, -0.2) is 0 Å². The van der Waals surface area contributed by atoms with Crippen LogP contribution in [-0.4, -0.2) is 26.6 Å². The molecule has 0 aliphatic rings. The van der Waals surface area contributed by atoms with E-state index >= 15 is 0 Å². The normalized spacial score (nSPS) is 10.0. The summed E-state index contributed by atoms with van der Waals surface area (Å²) in [6, 6.07) is 14.7. The third-order valence-corrected chi connectivity index (χ3v) is 3.10. The standard InChI is InChI=1S/C16H19N3O2/c1-19(13-9-7-12(17)8-10-13)11-16(20)18-14-5-3-4-6-15(14)21-2/h3-10H,11,17H2,1-2H3,(H,18,20). The average Bonchev–Trinajstić information content (AvgIpc) is 2.48. The van der Waals surface area contributed by atoms with Crippen LogP contribution in [0.3, 0.4) is 0 Å². The van der Waals surface area contributed by atoms with Crippen molar-refractivity contribution in [2.24, 2.45) is 0 Å². The molecule has 0 aliphatic heterocycles. The van der Waals surface area contributed by atoms with Gasteiger partial charge in [0.25, 0.3) is 0 Å². The van der Waals surface area contributed by atoms with Crippen LogP contribution in [0, 0.1) is 0 Å². The fourth-order valence-electron chi connectivity index (χ4n) is 1.97. The number of nitrogens with one attached hydrogen (secondary N) is 1. The van der Waals surface area contributed by atoms with Crippen LogP contribution >= 0.6 is 0 Å². The molecule has 0 aromatic heterocycles. The van der Waals surface area contributed by atoms with Crippen molar-refractivity contribution >= 4 is 23.0 Å². The molecule has 0 saturated heterocycles. The van der Waals surface area contributed by atoms with Crippen LogP contribution in [0.2, 0.25) is 0 Å². The molecular weight excluding hydrogens is 266 g/mol. The second-order valence-corrected chi connectivity index (χ2v) is 4.70. The summed E-state index contributed by atoms with van der Waals surface area (Å²) in [5.74, 6) is 0.528. The van der Waals surface area contributed by atoms with E-state index in [1.54, 1.807) is 19.2 Å². The zero-order chi connectivity index (χ0) is 15.2. The number of hydrogen-bond acceptors (Lipinski definition) is 4. The Morgan fingerprint density at radius 3 is 2.52 bits per heavy atom. The summed E-state index contributed by atoms with van der Waals surface area (Å²) in [7, 11) is 3.43. The van der Waals surface area contributed by atoms with E-state index in [0.717, 1.165) is 5.69 Å². The molecule has 0 saturated carbocycles. The predicted molar refractivity (Wildman–Crippen MR) is 85.7 cm³/mol. The van der Waals surface area contributed by atoms with Gasteiger partial charge in [-0.15, -0.1) is 0 Å². The maximum Gasteiger partial charge on any atom is 0.243 e. The maximum absolute atomic E-state index is 12.1. The van der Waals surface area contributed by atoms with Crippen LogP contribution in [0.15, 0.2) is 48.5 Å². The average molecular weight is 285 g/mol. The molecule has 2 aromatic rings. The summed E-state index contributed by atoms with van der Waals surface area (Å²) in [6.45, 7) is 0.238. The van der Waals surface area contributed by atoms with Gasteiger partial charge < -0.3 is 20.7 Å². The van der Waals surface area contributed by atoms with Gasteiger partial charge in [-0.1, -0.05) is 12.1 Å². The molecule has 5 heteroatoms. The summed E-state index contributed by atoms with van der Waals surface area (Å²) >= 11 is 0. The molecule has 2 rings (SSSR count). The number of hydrogen-bond donors (Lipinski definition) is 2. The van der Waals surface area contributed by atoms with Crippen LogP contribution in [0.5, 0.6) is 5.75 Å². The summed E-state index contributed by atoms with van der Waals surface area (Å²) in [6.07, 6.45) is 0. The van der Waals surface area contributed by atoms with E-state index in [9.17, 15) is 4.79 Å². The third kappa shape index (κ3) is 3.89. The fourth-order valence-corrected chi connectivity index (χ4v) is 1.97. The Bertz CT molecular complexity index is 611. The van der Waals surface area contributed by atoms with Crippen molar-refractivity contribution in [3.05, 3.63) is 48.5 Å². The SMILES string of the molecule is COc1ccccc1NC(=O)CN(C)c1ccc(N)cc1. The number of methoxy groups -OCH3 is 1. The summed E-state index contributed by atoms with van der Waals surface area (Å²) < 4.78 is 5.21. The van der Waals surface area contributed by atoms with E-state index in [1.807, 2.05) is 48.3 Å². The van der Waals surface area contributed by atoms with E-state index in [0.29, 0.717) is 17.1 Å². The zero-order valence-corrected chi connectivity index (χ0v) is 12.2. The minimum Gasteiger partial charge on any atom is -0.495 e. The van der Waals surface area contributed by atoms with E-state index in [1.165, 1.54) is 0 Å². The van der Waals surface area contributed by atoms with Gasteiger partial charge in [0.05, 0.1) is 19.3 Å². The Morgan fingerprint density at radius 2 is 1.86 bits per heavy atom. The molecule has 2 aromatic carbocycles. The molecule has 0 fully saturated rings. The highest BCUT2D eigenvalue weighted by Gasteiger charge is 2.10. The number of benzene rings is 2. The highest BCUT2D eigenvalue weighted by molar-refractivity contribution is 5.95. The van der Waals surface area contributed by atoms with E-state index in [-0.39, 0.29) is 12.5 Å². The molecule has 0 atom stereocenters. The fraction of sp³-hybridized carbons (Fsp3) is 0.188. The van der Waals surface area contributed by atoms with Gasteiger partial charge in [-0.05, 0) is 36.4 Å². The first-order chi connectivity index (χ1) is 10.1. The summed E-state index contributed by atoms with van der Waals surface area (Å²) in [5.41, 5.74) is 7.94. The highest BCUT2D eigenvalue weighted by atomic mass is 16.5. The number of nitrogens with zero attached hydrogens (tertiary/aromatic N) is 1. The number of carbonyl (C=O) groups is 1. The molecule has 0 radical (unpaired) electrons. The number of nitrogen functional groups attached to an aromatic ring is 1. The number of likely N-dealkylation sites (N-methyl/N-ethyl adjacent to an activating group) is 1. The second kappa shape index (κ2) is 6.65. The lowest BCUT2D eigenvalue weighted by molar-refractivity contribution is -0.114. The molecule has 5 nitrogen and oxygen atoms in total. The number of rotatable bonds is 5. The molecular formula is C16H19N3O2. The van der Waals surface area contributed by atoms with Crippen molar-refractivity contribution in [2.75, 3.05) is 36.7 Å². The first-order valence-electron chi connectivity index (χ1n) is 6.59. The van der Waals surface area contributed by atoms with Crippen molar-refractivity contribution in [3.63, 3.8) is 0 Å². The molecule has 110 valence electrons. The Balaban J connectivity index is 1.99. The van der Waals surface area contributed by atoms with Gasteiger partial charge >= 0.3 is 0 Å². The minimum atomic E-state index is -0.112. The number of ether oxygens (including phenoxy) is 1. The lowest BCUT2D eigenvalue weighted by Gasteiger charge is -2.19. The van der Waals surface area contributed by atoms with Crippen molar-refractivity contribution in [1.82, 2.24) is 0 Å². The van der Waals surface area contributed by atoms with Crippen molar-refractivity contribution in [2.45, 2.75) is 0 Å². The molecule has 21 heavy (non-hydrogen) atoms. The van der Waals surface area contributed by atoms with Crippen LogP contribution < -0.4 is 20.7 Å². The Hall–Kier alpha value is -2.69. The quantitative estimate of drug-likeness (QED) is 0.828. The highest BCUT2D eigenvalue weighted by Crippen LogP contribution is 2.23. The third-order valence-electron chi connectivity index (χ3n) is 3.10. The molecule has 0 bridgehead atoms. The maximum atomic E-state index is 12.1. The van der Waals surface area contributed by atoms with Gasteiger partial charge in [0, 0.05) is 18.4 Å². The molecule has 0 aliphatic carbocycles.